The standard InChI is InChI=1S/C11H19N5O/c1-3-8-10(7-16(2)15-8)14-11(17)9-6-12-4-5-13-9/h7,9,12-13H,3-6H2,1-2H3,(H,14,17). The maximum absolute atomic E-state index is 12.0. The topological polar surface area (TPSA) is 71.0 Å². The number of nitrogens with zero attached hydrogens (tertiary/aromatic N) is 2. The first-order chi connectivity index (χ1) is 8.20. The fourth-order valence-electron chi connectivity index (χ4n) is 1.96. The van der Waals surface area contributed by atoms with E-state index in [2.05, 4.69) is 21.0 Å². The van der Waals surface area contributed by atoms with Gasteiger partial charge in [-0.25, -0.2) is 0 Å². The molecule has 0 aliphatic carbocycles. The van der Waals surface area contributed by atoms with Crippen LogP contribution in [0.5, 0.6) is 0 Å². The molecule has 6 heteroatoms. The Kier molecular flexibility index (Phi) is 3.75. The lowest BCUT2D eigenvalue weighted by Crippen LogP contribution is -2.54. The molecule has 17 heavy (non-hydrogen) atoms. The van der Waals surface area contributed by atoms with Crippen LogP contribution in [0, 0.1) is 0 Å². The number of carbonyl (C=O) groups is 1. The molecule has 0 saturated carbocycles. The smallest absolute Gasteiger partial charge is 0.242 e. The second kappa shape index (κ2) is 5.29. The van der Waals surface area contributed by atoms with Gasteiger partial charge in [0.1, 0.15) is 0 Å². The van der Waals surface area contributed by atoms with Crippen molar-refractivity contribution in [1.82, 2.24) is 20.4 Å². The average molecular weight is 237 g/mol. The number of anilines is 1. The molecule has 2 rings (SSSR count). The van der Waals surface area contributed by atoms with Crippen LogP contribution in [0.3, 0.4) is 0 Å². The van der Waals surface area contributed by atoms with Gasteiger partial charge in [0.2, 0.25) is 5.91 Å². The van der Waals surface area contributed by atoms with Crippen molar-refractivity contribution < 1.29 is 4.79 Å². The Labute approximate surface area is 101 Å². The summed E-state index contributed by atoms with van der Waals surface area (Å²) in [6, 6.07) is -0.159. The van der Waals surface area contributed by atoms with Gasteiger partial charge in [0.25, 0.3) is 0 Å². The molecule has 94 valence electrons. The molecule has 2 heterocycles. The third kappa shape index (κ3) is 2.83. The van der Waals surface area contributed by atoms with E-state index in [0.717, 1.165) is 30.9 Å². The fourth-order valence-corrected chi connectivity index (χ4v) is 1.96. The van der Waals surface area contributed by atoms with Gasteiger partial charge in [-0.2, -0.15) is 5.10 Å². The summed E-state index contributed by atoms with van der Waals surface area (Å²) in [5.41, 5.74) is 1.73. The predicted molar refractivity (Wildman–Crippen MR) is 65.9 cm³/mol. The molecule has 1 unspecified atom stereocenters. The fraction of sp³-hybridized carbons (Fsp3) is 0.636. The van der Waals surface area contributed by atoms with Gasteiger partial charge in [-0.15, -0.1) is 0 Å². The normalized spacial score (nSPS) is 20.2. The first-order valence-electron chi connectivity index (χ1n) is 5.98. The Balaban J connectivity index is 2.01. The van der Waals surface area contributed by atoms with Gasteiger partial charge in [-0.05, 0) is 6.42 Å². The Hall–Kier alpha value is -1.40. The van der Waals surface area contributed by atoms with Gasteiger partial charge in [-0.1, -0.05) is 6.92 Å². The first-order valence-corrected chi connectivity index (χ1v) is 5.98. The van der Waals surface area contributed by atoms with Crippen LogP contribution >= 0.6 is 0 Å². The van der Waals surface area contributed by atoms with Gasteiger partial charge >= 0.3 is 0 Å². The zero-order valence-corrected chi connectivity index (χ0v) is 10.3. The summed E-state index contributed by atoms with van der Waals surface area (Å²) in [6.07, 6.45) is 2.65. The van der Waals surface area contributed by atoms with E-state index in [0.29, 0.717) is 6.54 Å². The highest BCUT2D eigenvalue weighted by molar-refractivity contribution is 5.95. The molecular formula is C11H19N5O. The predicted octanol–water partition coefficient (Wildman–Crippen LogP) is -0.518. The molecule has 1 aliphatic rings. The van der Waals surface area contributed by atoms with E-state index in [9.17, 15) is 4.79 Å². The van der Waals surface area contributed by atoms with Crippen LogP contribution in [0.4, 0.5) is 5.69 Å². The van der Waals surface area contributed by atoms with E-state index in [4.69, 9.17) is 0 Å². The van der Waals surface area contributed by atoms with Crippen LogP contribution in [-0.2, 0) is 18.3 Å². The number of piperazine rings is 1. The maximum atomic E-state index is 12.0. The van der Waals surface area contributed by atoms with E-state index >= 15 is 0 Å². The van der Waals surface area contributed by atoms with Gasteiger partial charge in [-0.3, -0.25) is 9.48 Å². The number of aromatic nitrogens is 2. The minimum atomic E-state index is -0.159. The van der Waals surface area contributed by atoms with Crippen LogP contribution in [-0.4, -0.2) is 41.4 Å². The Morgan fingerprint density at radius 2 is 2.47 bits per heavy atom. The minimum Gasteiger partial charge on any atom is -0.322 e. The summed E-state index contributed by atoms with van der Waals surface area (Å²) in [6.45, 7) is 4.44. The first kappa shape index (κ1) is 12.1. The molecule has 1 amide bonds. The molecule has 1 atom stereocenters. The summed E-state index contributed by atoms with van der Waals surface area (Å²) >= 11 is 0. The lowest BCUT2D eigenvalue weighted by molar-refractivity contribution is -0.118. The Bertz CT molecular complexity index is 395. The Morgan fingerprint density at radius 3 is 3.12 bits per heavy atom. The van der Waals surface area contributed by atoms with Crippen LogP contribution < -0.4 is 16.0 Å². The van der Waals surface area contributed by atoms with Crippen molar-refractivity contribution in [2.45, 2.75) is 19.4 Å². The molecule has 1 aromatic rings. The van der Waals surface area contributed by atoms with Crippen molar-refractivity contribution in [2.75, 3.05) is 25.0 Å². The quantitative estimate of drug-likeness (QED) is 0.662. The number of hydrogen-bond acceptors (Lipinski definition) is 4. The average Bonchev–Trinajstić information content (AvgIpc) is 2.70. The molecule has 1 aromatic heterocycles. The molecule has 3 N–H and O–H groups in total. The minimum absolute atomic E-state index is 0.0000926. The molecule has 1 saturated heterocycles. The monoisotopic (exact) mass is 237 g/mol. The van der Waals surface area contributed by atoms with Gasteiger partial charge in [0.05, 0.1) is 17.4 Å². The summed E-state index contributed by atoms with van der Waals surface area (Å²) in [4.78, 5) is 12.0. The SMILES string of the molecule is CCc1nn(C)cc1NC(=O)C1CNCCN1. The third-order valence-corrected chi connectivity index (χ3v) is 2.86. The van der Waals surface area contributed by atoms with Crippen molar-refractivity contribution >= 4 is 11.6 Å². The third-order valence-electron chi connectivity index (χ3n) is 2.86. The van der Waals surface area contributed by atoms with Crippen molar-refractivity contribution in [3.8, 4) is 0 Å². The number of nitrogens with one attached hydrogen (secondary N) is 3. The highest BCUT2D eigenvalue weighted by Crippen LogP contribution is 2.13. The molecule has 0 spiro atoms. The molecular weight excluding hydrogens is 218 g/mol. The molecule has 0 bridgehead atoms. The van der Waals surface area contributed by atoms with Crippen LogP contribution in [0.1, 0.15) is 12.6 Å². The second-order valence-electron chi connectivity index (χ2n) is 4.22. The molecule has 1 fully saturated rings. The lowest BCUT2D eigenvalue weighted by atomic mass is 10.2. The molecule has 6 nitrogen and oxygen atoms in total. The zero-order valence-electron chi connectivity index (χ0n) is 10.3. The maximum Gasteiger partial charge on any atom is 0.242 e. The highest BCUT2D eigenvalue weighted by Gasteiger charge is 2.21. The second-order valence-corrected chi connectivity index (χ2v) is 4.22. The molecule has 0 radical (unpaired) electrons. The summed E-state index contributed by atoms with van der Waals surface area (Å²) in [5.74, 6) is -0.0000926. The van der Waals surface area contributed by atoms with E-state index in [1.165, 1.54) is 0 Å². The van der Waals surface area contributed by atoms with Gasteiger partial charge in [0.15, 0.2) is 0 Å². The number of rotatable bonds is 3. The summed E-state index contributed by atoms with van der Waals surface area (Å²) in [5, 5.41) is 13.6. The lowest BCUT2D eigenvalue weighted by Gasteiger charge is -2.23. The summed E-state index contributed by atoms with van der Waals surface area (Å²) in [7, 11) is 1.86. The van der Waals surface area contributed by atoms with Gasteiger partial charge < -0.3 is 16.0 Å². The van der Waals surface area contributed by atoms with Crippen molar-refractivity contribution in [1.29, 1.82) is 0 Å². The highest BCUT2D eigenvalue weighted by atomic mass is 16.2. The van der Waals surface area contributed by atoms with Crippen LogP contribution in [0.15, 0.2) is 6.20 Å². The van der Waals surface area contributed by atoms with Crippen molar-refractivity contribution in [3.63, 3.8) is 0 Å². The van der Waals surface area contributed by atoms with E-state index < -0.39 is 0 Å². The van der Waals surface area contributed by atoms with Crippen LogP contribution in [0.25, 0.3) is 0 Å². The zero-order chi connectivity index (χ0) is 12.3. The van der Waals surface area contributed by atoms with E-state index in [-0.39, 0.29) is 11.9 Å². The molecule has 1 aliphatic heterocycles. The van der Waals surface area contributed by atoms with Gasteiger partial charge in [0, 0.05) is 32.9 Å². The molecule has 0 aromatic carbocycles. The number of amides is 1. The number of carbonyl (C=O) groups excluding carboxylic acids is 1. The summed E-state index contributed by atoms with van der Waals surface area (Å²) < 4.78 is 1.72. The Morgan fingerprint density at radius 1 is 1.65 bits per heavy atom. The van der Waals surface area contributed by atoms with Crippen molar-refractivity contribution in [3.05, 3.63) is 11.9 Å². The largest absolute Gasteiger partial charge is 0.322 e. The number of hydrogen-bond donors (Lipinski definition) is 3. The van der Waals surface area contributed by atoms with Crippen LogP contribution in [0.2, 0.25) is 0 Å². The number of aryl methyl sites for hydroxylation is 2. The van der Waals surface area contributed by atoms with E-state index in [1.54, 1.807) is 4.68 Å². The van der Waals surface area contributed by atoms with Crippen molar-refractivity contribution in [2.24, 2.45) is 7.05 Å². The van der Waals surface area contributed by atoms with E-state index in [1.807, 2.05) is 20.2 Å².